The topological polar surface area (TPSA) is 0 Å². The van der Waals surface area contributed by atoms with Crippen molar-refractivity contribution < 1.29 is 39.5 Å². The highest BCUT2D eigenvalue weighted by Gasteiger charge is 2.76. The molecule has 0 unspecified atom stereocenters. The second-order valence-electron chi connectivity index (χ2n) is 10.9. The van der Waals surface area contributed by atoms with E-state index in [0.717, 1.165) is 0 Å². The van der Waals surface area contributed by atoms with Gasteiger partial charge in [0.1, 0.15) is 0 Å². The largest absolute Gasteiger partial charge is 0.460 e. The minimum absolute atomic E-state index is 0.0146. The molecule has 0 aliphatic carbocycles. The zero-order valence-corrected chi connectivity index (χ0v) is 29.2. The SMILES string of the molecule is Cc1ccccc1[S+](c1ccccc1)c1ccccc1.FC(F)C(F)(F)C(F)(F)C(F)(F)F.c1ccc([S+](c2ccccc2)c2ccccc2)cc1. The van der Waals surface area contributed by atoms with Crippen LogP contribution in [0.3, 0.4) is 0 Å². The normalized spacial score (nSPS) is 11.8. The molecule has 0 amide bonds. The van der Waals surface area contributed by atoms with Gasteiger partial charge in [-0.2, -0.15) is 30.7 Å². The summed E-state index contributed by atoms with van der Waals surface area (Å²) in [4.78, 5) is 8.23. The third-order valence-corrected chi connectivity index (χ3v) is 11.9. The van der Waals surface area contributed by atoms with E-state index in [9.17, 15) is 39.5 Å². The number of hydrogen-bond acceptors (Lipinski definition) is 0. The average molecular weight is 761 g/mol. The van der Waals surface area contributed by atoms with Crippen LogP contribution >= 0.6 is 0 Å². The van der Waals surface area contributed by atoms with Crippen LogP contribution in [0.4, 0.5) is 39.5 Å². The molecule has 52 heavy (non-hydrogen) atoms. The predicted octanol–water partition coefficient (Wildman–Crippen LogP) is 13.0. The van der Waals surface area contributed by atoms with E-state index < -0.39 is 24.4 Å². The van der Waals surface area contributed by atoms with E-state index in [0.29, 0.717) is 0 Å². The molecule has 0 heterocycles. The highest BCUT2D eigenvalue weighted by atomic mass is 32.2. The maximum absolute atomic E-state index is 11.6. The van der Waals surface area contributed by atoms with Crippen LogP contribution in [0.2, 0.25) is 0 Å². The Kier molecular flexibility index (Phi) is 14.1. The van der Waals surface area contributed by atoms with Crippen molar-refractivity contribution in [3.63, 3.8) is 0 Å². The Morgan fingerprint density at radius 2 is 0.654 bits per heavy atom. The molecule has 0 saturated heterocycles. The molecule has 6 rings (SSSR count). The van der Waals surface area contributed by atoms with E-state index in [1.807, 2.05) is 0 Å². The van der Waals surface area contributed by atoms with Gasteiger partial charge >= 0.3 is 24.4 Å². The molecular formula is C41H33F9S2+2. The van der Waals surface area contributed by atoms with E-state index in [1.54, 1.807) is 0 Å². The van der Waals surface area contributed by atoms with Gasteiger partial charge in [0, 0.05) is 5.56 Å². The Morgan fingerprint density at radius 1 is 0.385 bits per heavy atom. The van der Waals surface area contributed by atoms with Crippen LogP contribution in [0.1, 0.15) is 5.56 Å². The third-order valence-electron chi connectivity index (χ3n) is 7.26. The lowest BCUT2D eigenvalue weighted by Gasteiger charge is -2.27. The Balaban J connectivity index is 0.000000179. The van der Waals surface area contributed by atoms with Gasteiger partial charge in [-0.05, 0) is 73.7 Å². The van der Waals surface area contributed by atoms with Crippen molar-refractivity contribution in [2.24, 2.45) is 0 Å². The monoisotopic (exact) mass is 760 g/mol. The van der Waals surface area contributed by atoms with Crippen LogP contribution in [0.15, 0.2) is 205 Å². The van der Waals surface area contributed by atoms with Crippen LogP contribution in [0, 0.1) is 6.92 Å². The molecule has 0 N–H and O–H groups in total. The van der Waals surface area contributed by atoms with Crippen molar-refractivity contribution >= 4 is 21.8 Å². The fourth-order valence-corrected chi connectivity index (χ4v) is 9.04. The molecule has 6 aromatic rings. The van der Waals surface area contributed by atoms with E-state index >= 15 is 0 Å². The maximum Gasteiger partial charge on any atom is 0.460 e. The van der Waals surface area contributed by atoms with Crippen LogP contribution in [0.5, 0.6) is 0 Å². The maximum atomic E-state index is 11.6. The smallest absolute Gasteiger partial charge is 0.203 e. The van der Waals surface area contributed by atoms with E-state index in [-0.39, 0.29) is 21.8 Å². The van der Waals surface area contributed by atoms with Gasteiger partial charge in [0.05, 0.1) is 21.8 Å². The lowest BCUT2D eigenvalue weighted by atomic mass is 10.2. The van der Waals surface area contributed by atoms with E-state index in [2.05, 4.69) is 183 Å². The van der Waals surface area contributed by atoms with Gasteiger partial charge in [-0.3, -0.25) is 0 Å². The summed E-state index contributed by atoms with van der Waals surface area (Å²) < 4.78 is 102. The minimum Gasteiger partial charge on any atom is -0.203 e. The zero-order valence-electron chi connectivity index (χ0n) is 27.5. The Hall–Kier alpha value is -4.61. The number of benzene rings is 6. The number of alkyl halides is 9. The first-order valence-electron chi connectivity index (χ1n) is 15.7. The summed E-state index contributed by atoms with van der Waals surface area (Å²) in [6.07, 6.45) is -11.8. The van der Waals surface area contributed by atoms with Crippen LogP contribution in [0.25, 0.3) is 0 Å². The van der Waals surface area contributed by atoms with Crippen molar-refractivity contribution in [3.8, 4) is 0 Å². The first-order valence-corrected chi connectivity index (χ1v) is 18.1. The van der Waals surface area contributed by atoms with Crippen molar-refractivity contribution in [2.75, 3.05) is 0 Å². The molecule has 0 bridgehead atoms. The third kappa shape index (κ3) is 10.0. The summed E-state index contributed by atoms with van der Waals surface area (Å²) in [5.74, 6) is -13.1. The quantitative estimate of drug-likeness (QED) is 0.107. The summed E-state index contributed by atoms with van der Waals surface area (Å²) in [5.41, 5.74) is 1.35. The molecular weight excluding hydrogens is 728 g/mol. The highest BCUT2D eigenvalue weighted by molar-refractivity contribution is 7.97. The molecule has 0 aliphatic rings. The molecule has 0 nitrogen and oxygen atoms in total. The van der Waals surface area contributed by atoms with Crippen LogP contribution in [-0.4, -0.2) is 24.4 Å². The fourth-order valence-electron chi connectivity index (χ4n) is 4.69. The summed E-state index contributed by atoms with van der Waals surface area (Å²) in [7, 11) is -0.0408. The molecule has 0 spiro atoms. The lowest BCUT2D eigenvalue weighted by Crippen LogP contribution is -2.55. The minimum atomic E-state index is -6.73. The van der Waals surface area contributed by atoms with Gasteiger partial charge in [0.15, 0.2) is 29.4 Å². The van der Waals surface area contributed by atoms with Gasteiger partial charge in [0.25, 0.3) is 0 Å². The van der Waals surface area contributed by atoms with Crippen LogP contribution < -0.4 is 0 Å². The second kappa shape index (κ2) is 18.2. The van der Waals surface area contributed by atoms with Gasteiger partial charge < -0.3 is 0 Å². The average Bonchev–Trinajstić information content (AvgIpc) is 3.15. The lowest BCUT2D eigenvalue weighted by molar-refractivity contribution is -0.375. The molecule has 0 fully saturated rings. The molecule has 0 aromatic heterocycles. The summed E-state index contributed by atoms with van der Waals surface area (Å²) >= 11 is 0. The molecule has 0 radical (unpaired) electrons. The van der Waals surface area contributed by atoms with Crippen molar-refractivity contribution in [2.45, 2.75) is 60.7 Å². The van der Waals surface area contributed by atoms with E-state index in [1.165, 1.54) is 34.9 Å². The zero-order chi connectivity index (χ0) is 37.8. The number of hydrogen-bond donors (Lipinski definition) is 0. The first kappa shape index (κ1) is 40.2. The van der Waals surface area contributed by atoms with E-state index in [4.69, 9.17) is 0 Å². The molecule has 6 aromatic carbocycles. The first-order chi connectivity index (χ1) is 24.8. The predicted molar refractivity (Wildman–Crippen MR) is 190 cm³/mol. The highest BCUT2D eigenvalue weighted by Crippen LogP contribution is 2.49. The molecule has 270 valence electrons. The van der Waals surface area contributed by atoms with Crippen molar-refractivity contribution in [1.82, 2.24) is 0 Å². The molecule has 0 saturated carbocycles. The molecule has 11 heteroatoms. The second-order valence-corrected chi connectivity index (χ2v) is 15.0. The summed E-state index contributed by atoms with van der Waals surface area (Å²) in [6, 6.07) is 62.4. The molecule has 0 aliphatic heterocycles. The summed E-state index contributed by atoms with van der Waals surface area (Å²) in [6.45, 7) is 2.20. The van der Waals surface area contributed by atoms with Crippen LogP contribution in [-0.2, 0) is 21.8 Å². The van der Waals surface area contributed by atoms with Gasteiger partial charge in [-0.1, -0.05) is 109 Å². The fraction of sp³-hybridized carbons (Fsp3) is 0.122. The Labute approximate surface area is 302 Å². The van der Waals surface area contributed by atoms with Gasteiger partial charge in [-0.25, -0.2) is 8.78 Å². The number of rotatable bonds is 8. The number of halogens is 9. The van der Waals surface area contributed by atoms with Gasteiger partial charge in [-0.15, -0.1) is 0 Å². The van der Waals surface area contributed by atoms with Crippen molar-refractivity contribution in [3.05, 3.63) is 181 Å². The standard InChI is InChI=1S/C19H17S.C18H15S.C4HF9/c1-16-10-8-9-15-19(16)20(17-11-4-2-5-12-17)18-13-6-3-7-14-18;1-4-10-16(11-5-1)19(17-12-6-2-7-13-17)18-14-8-3-9-15-18;5-1(6)2(7,8)3(9,10)4(11,12)13/h2-15H,1H3;1-15H;1H/q2*+1;. The summed E-state index contributed by atoms with van der Waals surface area (Å²) in [5, 5.41) is 0. The van der Waals surface area contributed by atoms with Gasteiger partial charge in [0.2, 0.25) is 0 Å². The Morgan fingerprint density at radius 3 is 0.904 bits per heavy atom. The Bertz CT molecular complexity index is 1770. The molecule has 0 atom stereocenters. The van der Waals surface area contributed by atoms with Crippen molar-refractivity contribution in [1.29, 1.82) is 0 Å². The number of aryl methyl sites for hydroxylation is 1.